The summed E-state index contributed by atoms with van der Waals surface area (Å²) in [5.41, 5.74) is 2.04. The van der Waals surface area contributed by atoms with Crippen molar-refractivity contribution in [2.45, 2.75) is 13.3 Å². The van der Waals surface area contributed by atoms with Crippen molar-refractivity contribution in [1.29, 1.82) is 0 Å². The molecule has 0 saturated heterocycles. The zero-order valence-electron chi connectivity index (χ0n) is 14.6. The summed E-state index contributed by atoms with van der Waals surface area (Å²) in [6, 6.07) is 14.7. The number of rotatable bonds is 6. The molecule has 0 spiro atoms. The molecule has 0 aliphatic carbocycles. The van der Waals surface area contributed by atoms with Crippen molar-refractivity contribution >= 4 is 39.0 Å². The van der Waals surface area contributed by atoms with Crippen LogP contribution >= 0.6 is 15.9 Å². The Morgan fingerprint density at radius 2 is 1.81 bits per heavy atom. The number of benzene rings is 2. The maximum atomic E-state index is 12.6. The average molecular weight is 415 g/mol. The van der Waals surface area contributed by atoms with E-state index in [1.54, 1.807) is 12.1 Å². The third-order valence-electron chi connectivity index (χ3n) is 4.00. The molecule has 1 aliphatic heterocycles. The molecule has 0 radical (unpaired) electrons. The minimum atomic E-state index is -0.351. The highest BCUT2D eigenvalue weighted by atomic mass is 79.9. The Labute approximate surface area is 160 Å². The second kappa shape index (κ2) is 7.74. The van der Waals surface area contributed by atoms with Gasteiger partial charge in [-0.25, -0.2) is 0 Å². The molecule has 1 heterocycles. The summed E-state index contributed by atoms with van der Waals surface area (Å²) >= 11 is 3.41. The van der Waals surface area contributed by atoms with E-state index in [2.05, 4.69) is 21.2 Å². The van der Waals surface area contributed by atoms with Crippen LogP contribution in [0.15, 0.2) is 58.7 Å². The van der Waals surface area contributed by atoms with Gasteiger partial charge in [0.1, 0.15) is 11.4 Å². The van der Waals surface area contributed by atoms with Gasteiger partial charge >= 0.3 is 0 Å². The van der Waals surface area contributed by atoms with Crippen molar-refractivity contribution in [2.75, 3.05) is 19.0 Å². The average Bonchev–Trinajstić information content (AvgIpc) is 2.85. The highest BCUT2D eigenvalue weighted by molar-refractivity contribution is 9.10. The van der Waals surface area contributed by atoms with E-state index >= 15 is 0 Å². The van der Waals surface area contributed by atoms with E-state index in [0.29, 0.717) is 17.7 Å². The molecule has 5 nitrogen and oxygen atoms in total. The molecule has 2 amide bonds. The number of hydrogen-bond donors (Lipinski definition) is 1. The van der Waals surface area contributed by atoms with Gasteiger partial charge in [-0.2, -0.15) is 0 Å². The molecule has 1 N–H and O–H groups in total. The fourth-order valence-electron chi connectivity index (χ4n) is 2.67. The number of amides is 2. The number of ether oxygens (including phenoxy) is 1. The summed E-state index contributed by atoms with van der Waals surface area (Å²) in [7, 11) is 1.49. The standard InChI is InChI=1S/C20H19BrN2O3/c1-3-11-26-16-9-7-13(8-10-16)17-18(20(25)23(2)19(17)24)22-15-6-4-5-14(21)12-15/h4-10,12,22H,3,11H2,1-2H3. The monoisotopic (exact) mass is 414 g/mol. The van der Waals surface area contributed by atoms with Crippen molar-refractivity contribution in [3.05, 3.63) is 64.3 Å². The van der Waals surface area contributed by atoms with Crippen molar-refractivity contribution in [1.82, 2.24) is 4.90 Å². The minimum absolute atomic E-state index is 0.276. The topological polar surface area (TPSA) is 58.6 Å². The lowest BCUT2D eigenvalue weighted by Crippen LogP contribution is -2.27. The lowest BCUT2D eigenvalue weighted by atomic mass is 10.0. The zero-order chi connectivity index (χ0) is 18.7. The Kier molecular flexibility index (Phi) is 5.42. The van der Waals surface area contributed by atoms with Gasteiger partial charge in [-0.15, -0.1) is 0 Å². The lowest BCUT2D eigenvalue weighted by Gasteiger charge is -2.09. The largest absolute Gasteiger partial charge is 0.494 e. The molecule has 0 atom stereocenters. The first-order valence-corrected chi connectivity index (χ1v) is 9.13. The number of likely N-dealkylation sites (N-methyl/N-ethyl adjacent to an activating group) is 1. The van der Waals surface area contributed by atoms with Gasteiger partial charge in [-0.05, 0) is 42.3 Å². The van der Waals surface area contributed by atoms with E-state index < -0.39 is 0 Å². The second-order valence-electron chi connectivity index (χ2n) is 5.93. The van der Waals surface area contributed by atoms with Crippen LogP contribution in [0.3, 0.4) is 0 Å². The van der Waals surface area contributed by atoms with Crippen LogP contribution in [0.25, 0.3) is 5.57 Å². The molecule has 2 aromatic carbocycles. The van der Waals surface area contributed by atoms with E-state index in [-0.39, 0.29) is 17.5 Å². The SMILES string of the molecule is CCCOc1ccc(C2=C(Nc3cccc(Br)c3)C(=O)N(C)C2=O)cc1. The fourth-order valence-corrected chi connectivity index (χ4v) is 3.07. The van der Waals surface area contributed by atoms with Crippen LogP contribution < -0.4 is 10.1 Å². The number of imide groups is 1. The van der Waals surface area contributed by atoms with Crippen LogP contribution in [0.2, 0.25) is 0 Å². The Morgan fingerprint density at radius 1 is 1.08 bits per heavy atom. The fraction of sp³-hybridized carbons (Fsp3) is 0.200. The van der Waals surface area contributed by atoms with Crippen molar-refractivity contribution < 1.29 is 14.3 Å². The number of nitrogens with zero attached hydrogens (tertiary/aromatic N) is 1. The predicted octanol–water partition coefficient (Wildman–Crippen LogP) is 4.06. The molecule has 0 aromatic heterocycles. The molecule has 26 heavy (non-hydrogen) atoms. The van der Waals surface area contributed by atoms with Crippen molar-refractivity contribution in [3.63, 3.8) is 0 Å². The van der Waals surface area contributed by atoms with Crippen LogP contribution in [0, 0.1) is 0 Å². The third kappa shape index (κ3) is 3.65. The number of halogens is 1. The van der Waals surface area contributed by atoms with E-state index in [9.17, 15) is 9.59 Å². The van der Waals surface area contributed by atoms with E-state index in [4.69, 9.17) is 4.74 Å². The lowest BCUT2D eigenvalue weighted by molar-refractivity contribution is -0.135. The molecular weight excluding hydrogens is 396 g/mol. The van der Waals surface area contributed by atoms with E-state index in [0.717, 1.165) is 27.2 Å². The van der Waals surface area contributed by atoms with Crippen LogP contribution in [-0.2, 0) is 9.59 Å². The predicted molar refractivity (Wildman–Crippen MR) is 105 cm³/mol. The van der Waals surface area contributed by atoms with Crippen LogP contribution in [0.5, 0.6) is 5.75 Å². The van der Waals surface area contributed by atoms with Gasteiger partial charge in [0.25, 0.3) is 11.8 Å². The van der Waals surface area contributed by atoms with Crippen LogP contribution in [0.1, 0.15) is 18.9 Å². The zero-order valence-corrected chi connectivity index (χ0v) is 16.2. The quantitative estimate of drug-likeness (QED) is 0.723. The summed E-state index contributed by atoms with van der Waals surface area (Å²) in [6.07, 6.45) is 0.922. The molecule has 6 heteroatoms. The van der Waals surface area contributed by atoms with Crippen LogP contribution in [-0.4, -0.2) is 30.4 Å². The van der Waals surface area contributed by atoms with E-state index in [1.165, 1.54) is 7.05 Å². The number of hydrogen-bond acceptors (Lipinski definition) is 4. The summed E-state index contributed by atoms with van der Waals surface area (Å²) in [4.78, 5) is 26.3. The molecule has 3 rings (SSSR count). The van der Waals surface area contributed by atoms with Gasteiger partial charge in [0.05, 0.1) is 12.2 Å². The molecular formula is C20H19BrN2O3. The Balaban J connectivity index is 1.97. The van der Waals surface area contributed by atoms with Gasteiger partial charge < -0.3 is 10.1 Å². The Morgan fingerprint density at radius 3 is 2.46 bits per heavy atom. The normalized spacial score (nSPS) is 14.2. The smallest absolute Gasteiger partial charge is 0.277 e. The summed E-state index contributed by atoms with van der Waals surface area (Å²) in [5, 5.41) is 3.10. The molecule has 0 saturated carbocycles. The van der Waals surface area contributed by atoms with Crippen LogP contribution in [0.4, 0.5) is 5.69 Å². The first kappa shape index (κ1) is 18.2. The maximum Gasteiger partial charge on any atom is 0.277 e. The van der Waals surface area contributed by atoms with Crippen molar-refractivity contribution in [3.8, 4) is 5.75 Å². The number of anilines is 1. The molecule has 134 valence electrons. The van der Waals surface area contributed by atoms with Gasteiger partial charge in [0, 0.05) is 17.2 Å². The van der Waals surface area contributed by atoms with E-state index in [1.807, 2.05) is 43.3 Å². The summed E-state index contributed by atoms with van der Waals surface area (Å²) in [5.74, 6) is 0.0637. The summed E-state index contributed by atoms with van der Waals surface area (Å²) in [6.45, 7) is 2.68. The minimum Gasteiger partial charge on any atom is -0.494 e. The van der Waals surface area contributed by atoms with Crippen molar-refractivity contribution in [2.24, 2.45) is 0 Å². The Bertz CT molecular complexity index is 875. The third-order valence-corrected chi connectivity index (χ3v) is 4.49. The van der Waals surface area contributed by atoms with Gasteiger partial charge in [-0.1, -0.05) is 41.1 Å². The molecule has 2 aromatic rings. The molecule has 1 aliphatic rings. The maximum absolute atomic E-state index is 12.6. The second-order valence-corrected chi connectivity index (χ2v) is 6.84. The highest BCUT2D eigenvalue weighted by Crippen LogP contribution is 2.31. The van der Waals surface area contributed by atoms with Gasteiger partial charge in [-0.3, -0.25) is 14.5 Å². The number of carbonyl (C=O) groups excluding carboxylic acids is 2. The highest BCUT2D eigenvalue weighted by Gasteiger charge is 2.36. The molecule has 0 bridgehead atoms. The Hall–Kier alpha value is -2.60. The first-order valence-electron chi connectivity index (χ1n) is 8.33. The first-order chi connectivity index (χ1) is 12.5. The number of carbonyl (C=O) groups is 2. The summed E-state index contributed by atoms with van der Waals surface area (Å²) < 4.78 is 6.46. The van der Waals surface area contributed by atoms with Gasteiger partial charge in [0.15, 0.2) is 0 Å². The van der Waals surface area contributed by atoms with Gasteiger partial charge in [0.2, 0.25) is 0 Å². The number of nitrogens with one attached hydrogen (secondary N) is 1. The molecule has 0 unspecified atom stereocenters. The molecule has 0 fully saturated rings.